The lowest BCUT2D eigenvalue weighted by Crippen LogP contribution is -2.41. The molecule has 2 aromatic rings. The van der Waals surface area contributed by atoms with Crippen molar-refractivity contribution in [2.24, 2.45) is 0 Å². The lowest BCUT2D eigenvalue weighted by molar-refractivity contribution is -0.223. The van der Waals surface area contributed by atoms with E-state index >= 15 is 0 Å². The van der Waals surface area contributed by atoms with Crippen LogP contribution in [0.25, 0.3) is 10.6 Å². The Kier molecular flexibility index (Phi) is 15.2. The molecular formula is C35H56N2O5S. The molecule has 1 aromatic carbocycles. The number of hydrogen-bond acceptors (Lipinski definition) is 8. The second-order valence-corrected chi connectivity index (χ2v) is 13.7. The molecule has 4 rings (SSSR count). The maximum Gasteiger partial charge on any atom is 0.163 e. The molecule has 2 aliphatic heterocycles. The third-order valence-electron chi connectivity index (χ3n) is 8.39. The Morgan fingerprint density at radius 3 is 2.16 bits per heavy atom. The zero-order chi connectivity index (χ0) is 30.2. The first-order valence-electron chi connectivity index (χ1n) is 17.2. The fourth-order valence-corrected chi connectivity index (χ4v) is 6.67. The van der Waals surface area contributed by atoms with E-state index in [-0.39, 0.29) is 18.5 Å². The first-order valence-corrected chi connectivity index (χ1v) is 18.0. The monoisotopic (exact) mass is 616 g/mol. The topological polar surface area (TPSA) is 71.9 Å². The Bertz CT molecular complexity index is 1010. The smallest absolute Gasteiger partial charge is 0.163 e. The Balaban J connectivity index is 1.12. The summed E-state index contributed by atoms with van der Waals surface area (Å²) in [6, 6.07) is 8.10. The van der Waals surface area contributed by atoms with Crippen LogP contribution in [-0.2, 0) is 25.4 Å². The predicted octanol–water partition coefficient (Wildman–Crippen LogP) is 9.28. The van der Waals surface area contributed by atoms with E-state index in [0.29, 0.717) is 13.2 Å². The molecule has 242 valence electrons. The molecule has 3 heterocycles. The van der Waals surface area contributed by atoms with Gasteiger partial charge in [-0.3, -0.25) is 0 Å². The molecule has 0 radical (unpaired) electrons. The SMILES string of the molecule is CCCCCCCCCCCCCCCc1nnc(-c2ccc(OC[C@H](OC3CCCCO3)[C@@H]3COC(C)(C)O3)cc2)s1. The van der Waals surface area contributed by atoms with Crippen LogP contribution in [0.15, 0.2) is 24.3 Å². The molecule has 7 nitrogen and oxygen atoms in total. The van der Waals surface area contributed by atoms with Crippen molar-refractivity contribution in [2.45, 2.75) is 154 Å². The van der Waals surface area contributed by atoms with Crippen molar-refractivity contribution in [3.05, 3.63) is 29.3 Å². The molecule has 1 aromatic heterocycles. The first kappa shape index (κ1) is 34.3. The third kappa shape index (κ3) is 12.7. The summed E-state index contributed by atoms with van der Waals surface area (Å²) < 4.78 is 30.2. The third-order valence-corrected chi connectivity index (χ3v) is 9.42. The van der Waals surface area contributed by atoms with Crippen molar-refractivity contribution in [1.82, 2.24) is 10.2 Å². The van der Waals surface area contributed by atoms with Gasteiger partial charge >= 0.3 is 0 Å². The van der Waals surface area contributed by atoms with Crippen LogP contribution in [0.5, 0.6) is 5.75 Å². The minimum Gasteiger partial charge on any atom is -0.491 e. The van der Waals surface area contributed by atoms with Crippen LogP contribution in [0.4, 0.5) is 0 Å². The largest absolute Gasteiger partial charge is 0.491 e. The van der Waals surface area contributed by atoms with Gasteiger partial charge in [0.05, 0.1) is 6.61 Å². The fourth-order valence-electron chi connectivity index (χ4n) is 5.78. The molecule has 0 bridgehead atoms. The van der Waals surface area contributed by atoms with Crippen LogP contribution in [0.1, 0.15) is 129 Å². The zero-order valence-corrected chi connectivity index (χ0v) is 27.8. The number of hydrogen-bond donors (Lipinski definition) is 0. The Morgan fingerprint density at radius 1 is 0.884 bits per heavy atom. The molecule has 2 fully saturated rings. The standard InChI is InChI=1S/C35H56N2O5S/c1-4-5-6-7-8-9-10-11-12-13-14-15-16-19-32-36-37-34(43-32)28-21-23-29(24-22-28)39-26-30(31-27-40-35(2,3)42-31)41-33-20-17-18-25-38-33/h21-24,30-31,33H,4-20,25-27H2,1-3H3/t30-,31-,33?/m0/s1. The summed E-state index contributed by atoms with van der Waals surface area (Å²) in [4.78, 5) is 0. The van der Waals surface area contributed by atoms with Gasteiger partial charge in [-0.1, -0.05) is 95.3 Å². The quantitative estimate of drug-likeness (QED) is 0.129. The van der Waals surface area contributed by atoms with E-state index in [9.17, 15) is 0 Å². The summed E-state index contributed by atoms with van der Waals surface area (Å²) in [5.74, 6) is 0.172. The Morgan fingerprint density at radius 2 is 1.56 bits per heavy atom. The second kappa shape index (κ2) is 19.1. The number of aromatic nitrogens is 2. The van der Waals surface area contributed by atoms with Gasteiger partial charge in [0.2, 0.25) is 0 Å². The first-order chi connectivity index (χ1) is 21.0. The summed E-state index contributed by atoms with van der Waals surface area (Å²) in [5.41, 5.74) is 1.07. The summed E-state index contributed by atoms with van der Waals surface area (Å²) in [5, 5.41) is 11.0. The minimum atomic E-state index is -0.616. The van der Waals surface area contributed by atoms with Crippen LogP contribution in [0.3, 0.4) is 0 Å². The van der Waals surface area contributed by atoms with Crippen LogP contribution in [0.2, 0.25) is 0 Å². The van der Waals surface area contributed by atoms with E-state index in [1.165, 1.54) is 83.5 Å². The number of benzene rings is 1. The van der Waals surface area contributed by atoms with Gasteiger partial charge in [0.15, 0.2) is 12.1 Å². The van der Waals surface area contributed by atoms with Crippen LogP contribution in [0, 0.1) is 0 Å². The normalized spacial score (nSPS) is 20.8. The maximum absolute atomic E-state index is 6.30. The Hall–Kier alpha value is -1.58. The molecule has 0 amide bonds. The Labute approximate surface area is 264 Å². The van der Waals surface area contributed by atoms with E-state index in [4.69, 9.17) is 23.7 Å². The van der Waals surface area contributed by atoms with E-state index < -0.39 is 5.79 Å². The lowest BCUT2D eigenvalue weighted by Gasteiger charge is -2.30. The number of aryl methyl sites for hydroxylation is 1. The highest BCUT2D eigenvalue weighted by atomic mass is 32.1. The second-order valence-electron chi connectivity index (χ2n) is 12.7. The van der Waals surface area contributed by atoms with Gasteiger partial charge in [-0.05, 0) is 63.8 Å². The lowest BCUT2D eigenvalue weighted by atomic mass is 10.0. The van der Waals surface area contributed by atoms with Crippen molar-refractivity contribution >= 4 is 11.3 Å². The van der Waals surface area contributed by atoms with Crippen LogP contribution in [-0.4, -0.2) is 54.3 Å². The number of unbranched alkanes of at least 4 members (excludes halogenated alkanes) is 12. The number of rotatable bonds is 21. The zero-order valence-electron chi connectivity index (χ0n) is 27.0. The van der Waals surface area contributed by atoms with E-state index in [0.717, 1.165) is 53.6 Å². The predicted molar refractivity (Wildman–Crippen MR) is 174 cm³/mol. The summed E-state index contributed by atoms with van der Waals surface area (Å²) in [6.07, 6.45) is 21.3. The molecule has 43 heavy (non-hydrogen) atoms. The minimum absolute atomic E-state index is 0.200. The highest BCUT2D eigenvalue weighted by Gasteiger charge is 2.39. The molecule has 2 saturated heterocycles. The van der Waals surface area contributed by atoms with Gasteiger partial charge in [0.25, 0.3) is 0 Å². The average molecular weight is 617 g/mol. The van der Waals surface area contributed by atoms with Gasteiger partial charge in [-0.25, -0.2) is 0 Å². The van der Waals surface area contributed by atoms with Crippen molar-refractivity contribution in [3.63, 3.8) is 0 Å². The number of ether oxygens (including phenoxy) is 5. The summed E-state index contributed by atoms with van der Waals surface area (Å²) in [6.45, 7) is 7.72. The molecule has 2 aliphatic rings. The molecule has 3 atom stereocenters. The molecule has 0 N–H and O–H groups in total. The van der Waals surface area contributed by atoms with E-state index in [1.54, 1.807) is 11.3 Å². The highest BCUT2D eigenvalue weighted by molar-refractivity contribution is 7.14. The maximum atomic E-state index is 6.30. The molecule has 0 aliphatic carbocycles. The van der Waals surface area contributed by atoms with Gasteiger partial charge in [-0.2, -0.15) is 0 Å². The summed E-state index contributed by atoms with van der Waals surface area (Å²) in [7, 11) is 0. The van der Waals surface area contributed by atoms with Crippen LogP contribution >= 0.6 is 11.3 Å². The molecule has 0 saturated carbocycles. The van der Waals surface area contributed by atoms with E-state index in [1.807, 2.05) is 26.0 Å². The van der Waals surface area contributed by atoms with Gasteiger partial charge in [0.1, 0.15) is 34.6 Å². The van der Waals surface area contributed by atoms with Crippen molar-refractivity contribution < 1.29 is 23.7 Å². The molecule has 0 spiro atoms. The summed E-state index contributed by atoms with van der Waals surface area (Å²) >= 11 is 1.70. The van der Waals surface area contributed by atoms with E-state index in [2.05, 4.69) is 29.3 Å². The molecule has 1 unspecified atom stereocenters. The highest BCUT2D eigenvalue weighted by Crippen LogP contribution is 2.29. The van der Waals surface area contributed by atoms with Gasteiger partial charge in [-0.15, -0.1) is 10.2 Å². The molecule has 8 heteroatoms. The average Bonchev–Trinajstić information content (AvgIpc) is 3.64. The van der Waals surface area contributed by atoms with Gasteiger partial charge in [0, 0.05) is 18.6 Å². The van der Waals surface area contributed by atoms with Crippen molar-refractivity contribution in [3.8, 4) is 16.3 Å². The van der Waals surface area contributed by atoms with Crippen LogP contribution < -0.4 is 4.74 Å². The number of nitrogens with zero attached hydrogens (tertiary/aromatic N) is 2. The fraction of sp³-hybridized carbons (Fsp3) is 0.771. The van der Waals surface area contributed by atoms with Crippen molar-refractivity contribution in [2.75, 3.05) is 19.8 Å². The van der Waals surface area contributed by atoms with Crippen molar-refractivity contribution in [1.29, 1.82) is 0 Å². The van der Waals surface area contributed by atoms with Gasteiger partial charge < -0.3 is 23.7 Å². The molecular weight excluding hydrogens is 560 g/mol.